The van der Waals surface area contributed by atoms with Crippen LogP contribution in [0.3, 0.4) is 0 Å². The highest BCUT2D eigenvalue weighted by molar-refractivity contribution is 5.99. The molecule has 3 aliphatic rings. The fraction of sp³-hybridized carbons (Fsp3) is 0.355. The monoisotopic (exact) mass is 1120 g/mol. The molecule has 1 saturated carbocycles. The lowest BCUT2D eigenvalue weighted by atomic mass is 9.83. The highest BCUT2D eigenvalue weighted by atomic mass is 19.4. The second-order valence-electron chi connectivity index (χ2n) is 20.0. The second kappa shape index (κ2) is 25.1. The van der Waals surface area contributed by atoms with Gasteiger partial charge in [0.15, 0.2) is 0 Å². The van der Waals surface area contributed by atoms with Crippen LogP contribution in [-0.4, -0.2) is 52.6 Å². The third-order valence-electron chi connectivity index (χ3n) is 14.5. The van der Waals surface area contributed by atoms with E-state index in [1.807, 2.05) is 0 Å². The SMILES string of the molecule is C.[2H]c1cc(C)c(C(=O)N2CCC[C@H](C(=O)Nc3ccc(C)c(C(F)(F)F)c3)[C@@H]2c2ccc(N)cc2)c(F)c1.[2H]c1cc(C)c(C(=O)N2CCC[C@H](C(=O)Nc3ccc(C)c(C(F)(F)F)c3)[C@@H]2c2ccc(NC3CC([2H])([2H])C([2H])([2H])C3)cc2)c(F)c1. The predicted octanol–water partition coefficient (Wildman–Crippen LogP) is 15.0. The molecule has 10 nitrogen and oxygen atoms in total. The molecule has 2 heterocycles. The van der Waals surface area contributed by atoms with E-state index in [2.05, 4.69) is 16.0 Å². The molecule has 6 aromatic carbocycles. The average Bonchev–Trinajstić information content (AvgIpc) is 1.31. The number of aryl methyl sites for hydroxylation is 4. The van der Waals surface area contributed by atoms with Crippen LogP contribution < -0.4 is 21.7 Å². The van der Waals surface area contributed by atoms with Crippen molar-refractivity contribution in [3.63, 3.8) is 0 Å². The van der Waals surface area contributed by atoms with Crippen molar-refractivity contribution in [1.82, 2.24) is 9.80 Å². The predicted molar refractivity (Wildman–Crippen MR) is 295 cm³/mol. The number of piperidine rings is 2. The number of likely N-dealkylation sites (tertiary alicyclic amines) is 2. The molecule has 18 heteroatoms. The minimum Gasteiger partial charge on any atom is -0.399 e. The first-order valence-corrected chi connectivity index (χ1v) is 25.6. The molecule has 3 fully saturated rings. The zero-order valence-electron chi connectivity index (χ0n) is 49.6. The van der Waals surface area contributed by atoms with Crippen molar-refractivity contribution in [1.29, 1.82) is 0 Å². The van der Waals surface area contributed by atoms with E-state index in [1.165, 1.54) is 73.9 Å². The van der Waals surface area contributed by atoms with E-state index in [0.717, 1.165) is 24.3 Å². The number of carbonyl (C=O) groups is 4. The van der Waals surface area contributed by atoms with Gasteiger partial charge in [-0.1, -0.05) is 80.8 Å². The molecule has 1 aliphatic carbocycles. The lowest BCUT2D eigenvalue weighted by Gasteiger charge is -2.41. The minimum atomic E-state index is -4.63. The van der Waals surface area contributed by atoms with Gasteiger partial charge in [0.2, 0.25) is 11.8 Å². The standard InChI is InChI=1S/C33H35F4N3O2.C28H27F4N3O2.CH4/c1-20-12-15-25(19-27(20)33(35,36)37)39-31(41)26-10-6-18-40(32(42)29-21(2)7-5-11-28(29)34)30(26)22-13-16-24(17-14-22)38-23-8-3-4-9-23;1-16-8-13-20(15-22(16)28(30,31)32)34-26(36)21-6-4-14-35(25(21)18-9-11-19(33)12-10-18)27(37)24-17(2)5-3-7-23(24)29;/h5,7,11-17,19,23,26,30,38H,3-4,6,8-10,18H2,1-2H3,(H,39,41);3,5,7-13,15,21,25H,4,6,14,33H2,1-2H3,(H,34,36);1H4/t26-,30-;21-,25-;/m00./s1/i3D2,4D2,5D;3D;. The van der Waals surface area contributed by atoms with Crippen LogP contribution in [0, 0.1) is 51.2 Å². The second-order valence-corrected chi connectivity index (χ2v) is 20.0. The number of hydrogen-bond donors (Lipinski definition) is 4. The van der Waals surface area contributed by atoms with Crippen molar-refractivity contribution >= 4 is 46.4 Å². The van der Waals surface area contributed by atoms with Gasteiger partial charge in [-0.15, -0.1) is 0 Å². The Labute approximate surface area is 469 Å². The normalized spacial score (nSPS) is 20.9. The van der Waals surface area contributed by atoms with Gasteiger partial charge in [0, 0.05) is 47.4 Å². The highest BCUT2D eigenvalue weighted by Gasteiger charge is 2.43. The van der Waals surface area contributed by atoms with Crippen LogP contribution >= 0.6 is 0 Å². The maximum Gasteiger partial charge on any atom is 0.416 e. The summed E-state index contributed by atoms with van der Waals surface area (Å²) < 4.78 is 159. The molecule has 80 heavy (non-hydrogen) atoms. The Balaban J connectivity index is 0.000000249. The van der Waals surface area contributed by atoms with Crippen molar-refractivity contribution in [2.45, 2.75) is 117 Å². The number of nitrogens with one attached hydrogen (secondary N) is 3. The lowest BCUT2D eigenvalue weighted by molar-refractivity contribution is -0.138. The maximum atomic E-state index is 15.1. The number of rotatable bonds is 10. The third kappa shape index (κ3) is 13.6. The van der Waals surface area contributed by atoms with E-state index in [1.54, 1.807) is 48.5 Å². The third-order valence-corrected chi connectivity index (χ3v) is 14.5. The van der Waals surface area contributed by atoms with Crippen LogP contribution in [0.15, 0.2) is 121 Å². The summed E-state index contributed by atoms with van der Waals surface area (Å²) in [6.07, 6.45) is -11.8. The molecule has 0 bridgehead atoms. The number of benzene rings is 6. The van der Waals surface area contributed by atoms with Crippen LogP contribution in [0.25, 0.3) is 0 Å². The molecule has 0 spiro atoms. The van der Waals surface area contributed by atoms with Crippen LogP contribution in [0.4, 0.5) is 57.9 Å². The molecule has 2 saturated heterocycles. The van der Waals surface area contributed by atoms with Crippen LogP contribution in [0.2, 0.25) is 0 Å². The van der Waals surface area contributed by atoms with Crippen molar-refractivity contribution < 1.29 is 62.5 Å². The summed E-state index contributed by atoms with van der Waals surface area (Å²) in [4.78, 5) is 57.7. The summed E-state index contributed by atoms with van der Waals surface area (Å²) in [5.74, 6) is -5.94. The average molecular weight is 1120 g/mol. The van der Waals surface area contributed by atoms with Crippen molar-refractivity contribution in [2.24, 2.45) is 11.8 Å². The van der Waals surface area contributed by atoms with Gasteiger partial charge in [-0.2, -0.15) is 26.3 Å². The Bertz CT molecular complexity index is 3450. The minimum absolute atomic E-state index is 0. The van der Waals surface area contributed by atoms with Gasteiger partial charge in [0.05, 0.1) is 48.9 Å². The summed E-state index contributed by atoms with van der Waals surface area (Å²) >= 11 is 0. The molecular weight excluding hydrogens is 1040 g/mol. The number of nitrogen functional groups attached to an aromatic ring is 1. The first-order valence-electron chi connectivity index (χ1n) is 28.6. The highest BCUT2D eigenvalue weighted by Crippen LogP contribution is 2.42. The van der Waals surface area contributed by atoms with Crippen LogP contribution in [0.1, 0.15) is 144 Å². The van der Waals surface area contributed by atoms with E-state index in [0.29, 0.717) is 47.3 Å². The number of halogens is 8. The number of amides is 4. The molecule has 0 radical (unpaired) electrons. The van der Waals surface area contributed by atoms with Gasteiger partial charge >= 0.3 is 12.4 Å². The number of alkyl halides is 6. The van der Waals surface area contributed by atoms with E-state index in [-0.39, 0.29) is 91.1 Å². The summed E-state index contributed by atoms with van der Waals surface area (Å²) in [5, 5.41) is 8.34. The van der Waals surface area contributed by atoms with E-state index in [4.69, 9.17) is 14.0 Å². The summed E-state index contributed by atoms with van der Waals surface area (Å²) in [6, 6.07) is 22.6. The molecule has 6 aromatic rings. The van der Waals surface area contributed by atoms with Gasteiger partial charge in [-0.3, -0.25) is 19.2 Å². The van der Waals surface area contributed by atoms with Gasteiger partial charge in [-0.25, -0.2) is 8.78 Å². The quantitative estimate of drug-likeness (QED) is 0.0797. The van der Waals surface area contributed by atoms with Gasteiger partial charge in [0.1, 0.15) is 11.6 Å². The Hall–Kier alpha value is -7.76. The van der Waals surface area contributed by atoms with Crippen LogP contribution in [0.5, 0.6) is 0 Å². The Morgan fingerprint density at radius 2 is 0.938 bits per heavy atom. The Morgan fingerprint density at radius 3 is 1.32 bits per heavy atom. The molecule has 9 rings (SSSR count). The van der Waals surface area contributed by atoms with Crippen LogP contribution in [-0.2, 0) is 21.9 Å². The molecule has 4 atom stereocenters. The molecule has 424 valence electrons. The van der Waals surface area contributed by atoms with Gasteiger partial charge in [0.25, 0.3) is 11.8 Å². The number of anilines is 4. The maximum absolute atomic E-state index is 15.1. The lowest BCUT2D eigenvalue weighted by Crippen LogP contribution is -2.46. The summed E-state index contributed by atoms with van der Waals surface area (Å²) in [5.41, 5.74) is 6.31. The zero-order valence-corrected chi connectivity index (χ0v) is 43.6. The number of hydrogen-bond acceptors (Lipinski definition) is 6. The van der Waals surface area contributed by atoms with Crippen molar-refractivity contribution in [2.75, 3.05) is 34.8 Å². The molecule has 5 N–H and O–H groups in total. The smallest absolute Gasteiger partial charge is 0.399 e. The first-order chi connectivity index (χ1) is 39.7. The summed E-state index contributed by atoms with van der Waals surface area (Å²) in [7, 11) is 0. The molecular formula is C62H66F8N6O4. The van der Waals surface area contributed by atoms with Gasteiger partial charge in [-0.05, 0) is 160 Å². The van der Waals surface area contributed by atoms with E-state index in [9.17, 15) is 49.9 Å². The fourth-order valence-electron chi connectivity index (χ4n) is 10.5. The molecule has 2 aliphatic heterocycles. The number of nitrogens with zero attached hydrogens (tertiary/aromatic N) is 2. The number of nitrogens with two attached hydrogens (primary N) is 1. The largest absolute Gasteiger partial charge is 0.416 e. The molecule has 0 unspecified atom stereocenters. The van der Waals surface area contributed by atoms with E-state index < -0.39 is 101 Å². The topological polar surface area (TPSA) is 137 Å². The number of carbonyl (C=O) groups excluding carboxylic acids is 4. The Kier molecular flexibility index (Phi) is 16.2. The molecule has 4 amide bonds. The van der Waals surface area contributed by atoms with Crippen molar-refractivity contribution in [3.05, 3.63) is 189 Å². The zero-order chi connectivity index (χ0) is 62.2. The Morgan fingerprint density at radius 1 is 0.550 bits per heavy atom. The molecule has 0 aromatic heterocycles. The van der Waals surface area contributed by atoms with E-state index >= 15 is 4.39 Å². The van der Waals surface area contributed by atoms with Crippen molar-refractivity contribution in [3.8, 4) is 0 Å². The fourth-order valence-corrected chi connectivity index (χ4v) is 10.5. The summed E-state index contributed by atoms with van der Waals surface area (Å²) in [6.45, 7) is 6.12. The van der Waals surface area contributed by atoms with Gasteiger partial charge < -0.3 is 31.5 Å². The first kappa shape index (κ1) is 51.7.